The molecule has 4 heterocycles. The highest BCUT2D eigenvalue weighted by molar-refractivity contribution is 7.80. The average Bonchev–Trinajstić information content (AvgIpc) is 3.52. The number of aryl methyl sites for hydroxylation is 1. The molecule has 4 aromatic rings. The van der Waals surface area contributed by atoms with Gasteiger partial charge < -0.3 is 10.2 Å². The van der Waals surface area contributed by atoms with E-state index in [0.717, 1.165) is 22.8 Å². The second kappa shape index (κ2) is 8.44. The molecule has 33 heavy (non-hydrogen) atoms. The summed E-state index contributed by atoms with van der Waals surface area (Å²) in [5.74, 6) is 0.475. The van der Waals surface area contributed by atoms with Crippen LogP contribution in [0, 0.1) is 13.8 Å². The smallest absolute Gasteiger partial charge is 0.174 e. The first-order valence-corrected chi connectivity index (χ1v) is 11.5. The van der Waals surface area contributed by atoms with Crippen molar-refractivity contribution in [3.63, 3.8) is 0 Å². The van der Waals surface area contributed by atoms with Gasteiger partial charge in [-0.2, -0.15) is 0 Å². The Morgan fingerprint density at radius 3 is 2.36 bits per heavy atom. The van der Waals surface area contributed by atoms with Gasteiger partial charge in [0.25, 0.3) is 0 Å². The molecular weight excluding hydrogens is 430 g/mol. The number of nitrogens with one attached hydrogen (secondary N) is 1. The zero-order chi connectivity index (χ0) is 23.1. The summed E-state index contributed by atoms with van der Waals surface area (Å²) in [6.45, 7) is 8.63. The van der Waals surface area contributed by atoms with Crippen LogP contribution in [0.15, 0.2) is 67.4 Å². The molecule has 0 radical (unpaired) electrons. The standard InChI is InChI=1S/C25H27N7S/c1-16(2)19-8-10-20(11-9-19)31-24(23(29-25(31)33)22-7-5-6-12-26-22)21-13-17(3)32(18(21)4)30-14-27-28-15-30/h5-16,23-24H,1-4H3,(H,29,33)/t23-,24-/m0/s1. The average molecular weight is 458 g/mol. The summed E-state index contributed by atoms with van der Waals surface area (Å²) in [5, 5.41) is 12.2. The molecular formula is C25H27N7S. The number of rotatable bonds is 5. The van der Waals surface area contributed by atoms with Gasteiger partial charge in [-0.3, -0.25) is 9.66 Å². The Morgan fingerprint density at radius 2 is 1.73 bits per heavy atom. The maximum absolute atomic E-state index is 5.88. The van der Waals surface area contributed by atoms with Gasteiger partial charge in [0.05, 0.1) is 17.8 Å². The summed E-state index contributed by atoms with van der Waals surface area (Å²) in [6.07, 6.45) is 5.25. The van der Waals surface area contributed by atoms with Gasteiger partial charge in [-0.25, -0.2) is 4.68 Å². The first kappa shape index (κ1) is 21.3. The number of pyridine rings is 1. The molecule has 2 atom stereocenters. The highest BCUT2D eigenvalue weighted by atomic mass is 32.1. The van der Waals surface area contributed by atoms with Crippen LogP contribution in [0.4, 0.5) is 5.69 Å². The molecule has 168 valence electrons. The van der Waals surface area contributed by atoms with E-state index < -0.39 is 0 Å². The van der Waals surface area contributed by atoms with Crippen LogP contribution in [0.5, 0.6) is 0 Å². The van der Waals surface area contributed by atoms with Crippen LogP contribution in [-0.2, 0) is 0 Å². The molecule has 1 N–H and O–H groups in total. The SMILES string of the molecule is Cc1cc([C@H]2[C@H](c3ccccn3)NC(=S)N2c2ccc(C(C)C)cc2)c(C)n1-n1cnnc1. The molecule has 8 heteroatoms. The first-order chi connectivity index (χ1) is 16.0. The topological polar surface area (TPSA) is 63.8 Å². The summed E-state index contributed by atoms with van der Waals surface area (Å²) < 4.78 is 4.01. The molecule has 1 aromatic carbocycles. The van der Waals surface area contributed by atoms with E-state index in [4.69, 9.17) is 12.2 Å². The van der Waals surface area contributed by atoms with E-state index >= 15 is 0 Å². The molecule has 0 saturated carbocycles. The molecule has 1 fully saturated rings. The maximum atomic E-state index is 5.88. The van der Waals surface area contributed by atoms with Crippen molar-refractivity contribution in [2.24, 2.45) is 0 Å². The van der Waals surface area contributed by atoms with E-state index in [0.29, 0.717) is 11.0 Å². The Hall–Kier alpha value is -3.52. The monoisotopic (exact) mass is 457 g/mol. The van der Waals surface area contributed by atoms with Gasteiger partial charge in [0.15, 0.2) is 5.11 Å². The third-order valence-corrected chi connectivity index (χ3v) is 6.64. The number of hydrogen-bond acceptors (Lipinski definition) is 4. The molecule has 5 rings (SSSR count). The van der Waals surface area contributed by atoms with Crippen molar-refractivity contribution in [2.75, 3.05) is 4.90 Å². The Morgan fingerprint density at radius 1 is 1.00 bits per heavy atom. The number of thiocarbonyl (C=S) groups is 1. The molecule has 7 nitrogen and oxygen atoms in total. The predicted octanol–water partition coefficient (Wildman–Crippen LogP) is 4.70. The van der Waals surface area contributed by atoms with Gasteiger partial charge in [-0.1, -0.05) is 32.0 Å². The van der Waals surface area contributed by atoms with Crippen LogP contribution in [0.2, 0.25) is 0 Å². The van der Waals surface area contributed by atoms with Gasteiger partial charge >= 0.3 is 0 Å². The Labute approximate surface area is 199 Å². The third-order valence-electron chi connectivity index (χ3n) is 6.33. The van der Waals surface area contributed by atoms with Crippen molar-refractivity contribution in [1.29, 1.82) is 0 Å². The lowest BCUT2D eigenvalue weighted by Gasteiger charge is -2.28. The maximum Gasteiger partial charge on any atom is 0.174 e. The van der Waals surface area contributed by atoms with Crippen LogP contribution in [0.1, 0.15) is 60.1 Å². The minimum atomic E-state index is -0.0849. The van der Waals surface area contributed by atoms with Gasteiger partial charge in [0.2, 0.25) is 0 Å². The van der Waals surface area contributed by atoms with E-state index in [2.05, 4.69) is 94.2 Å². The van der Waals surface area contributed by atoms with Crippen LogP contribution in [-0.4, -0.2) is 29.6 Å². The molecule has 0 bridgehead atoms. The Balaban J connectivity index is 1.65. The molecule has 1 aliphatic rings. The van der Waals surface area contributed by atoms with Crippen LogP contribution < -0.4 is 10.2 Å². The van der Waals surface area contributed by atoms with Crippen molar-refractivity contribution in [2.45, 2.75) is 45.7 Å². The lowest BCUT2D eigenvalue weighted by Crippen LogP contribution is -2.29. The second-order valence-corrected chi connectivity index (χ2v) is 9.11. The van der Waals surface area contributed by atoms with Gasteiger partial charge in [0.1, 0.15) is 12.7 Å². The fraction of sp³-hybridized carbons (Fsp3) is 0.280. The van der Waals surface area contributed by atoms with Gasteiger partial charge in [-0.15, -0.1) is 10.2 Å². The summed E-state index contributed by atoms with van der Waals surface area (Å²) in [6, 6.07) is 16.8. The van der Waals surface area contributed by atoms with Crippen LogP contribution in [0.3, 0.4) is 0 Å². The quantitative estimate of drug-likeness (QED) is 0.438. The zero-order valence-electron chi connectivity index (χ0n) is 19.2. The first-order valence-electron chi connectivity index (χ1n) is 11.1. The van der Waals surface area contributed by atoms with Gasteiger partial charge in [-0.05, 0) is 67.9 Å². The lowest BCUT2D eigenvalue weighted by molar-refractivity contribution is 0.557. The predicted molar refractivity (Wildman–Crippen MR) is 133 cm³/mol. The zero-order valence-corrected chi connectivity index (χ0v) is 20.0. The van der Waals surface area contributed by atoms with Crippen molar-refractivity contribution in [3.05, 3.63) is 95.6 Å². The molecule has 0 spiro atoms. The minimum Gasteiger partial charge on any atom is -0.351 e. The molecule has 1 aliphatic heterocycles. The molecule has 0 amide bonds. The Kier molecular flexibility index (Phi) is 5.46. The van der Waals surface area contributed by atoms with Crippen LogP contribution in [0.25, 0.3) is 0 Å². The minimum absolute atomic E-state index is 0.0614. The van der Waals surface area contributed by atoms with Crippen molar-refractivity contribution >= 4 is 23.0 Å². The summed E-state index contributed by atoms with van der Waals surface area (Å²) >= 11 is 5.88. The van der Waals surface area contributed by atoms with Crippen LogP contribution >= 0.6 is 12.2 Å². The van der Waals surface area contributed by atoms with Crippen molar-refractivity contribution < 1.29 is 0 Å². The summed E-state index contributed by atoms with van der Waals surface area (Å²) in [4.78, 5) is 6.88. The van der Waals surface area contributed by atoms with E-state index in [1.807, 2.05) is 23.0 Å². The molecule has 3 aromatic heterocycles. The largest absolute Gasteiger partial charge is 0.351 e. The van der Waals surface area contributed by atoms with E-state index in [1.165, 1.54) is 11.1 Å². The number of hydrogen-bond donors (Lipinski definition) is 1. The highest BCUT2D eigenvalue weighted by Gasteiger charge is 2.42. The van der Waals surface area contributed by atoms with Crippen molar-refractivity contribution in [1.82, 2.24) is 29.9 Å². The number of aromatic nitrogens is 5. The second-order valence-electron chi connectivity index (χ2n) is 8.72. The Bertz CT molecular complexity index is 1260. The third kappa shape index (κ3) is 3.70. The normalized spacial score (nSPS) is 18.2. The molecule has 0 unspecified atom stereocenters. The number of nitrogens with zero attached hydrogens (tertiary/aromatic N) is 6. The summed E-state index contributed by atoms with van der Waals surface area (Å²) in [5.41, 5.74) is 6.70. The van der Waals surface area contributed by atoms with E-state index in [9.17, 15) is 0 Å². The van der Waals surface area contributed by atoms with Crippen molar-refractivity contribution in [3.8, 4) is 0 Å². The van der Waals surface area contributed by atoms with Gasteiger partial charge in [0, 0.05) is 28.8 Å². The molecule has 0 aliphatic carbocycles. The fourth-order valence-electron chi connectivity index (χ4n) is 4.70. The molecule has 1 saturated heterocycles. The lowest BCUT2D eigenvalue weighted by atomic mass is 9.96. The fourth-order valence-corrected chi connectivity index (χ4v) is 5.05. The number of anilines is 1. The van der Waals surface area contributed by atoms with E-state index in [-0.39, 0.29) is 12.1 Å². The summed E-state index contributed by atoms with van der Waals surface area (Å²) in [7, 11) is 0. The van der Waals surface area contributed by atoms with E-state index in [1.54, 1.807) is 12.7 Å². The highest BCUT2D eigenvalue weighted by Crippen LogP contribution is 2.43. The number of benzene rings is 1.